The van der Waals surface area contributed by atoms with Crippen molar-refractivity contribution in [2.75, 3.05) is 6.61 Å². The minimum atomic E-state index is -0.228. The first-order valence-corrected chi connectivity index (χ1v) is 8.63. The standard InChI is InChI=1S/C16H27N3O3S/c1-11-12(2)14(9-19-7-6-17-10-19)22-16(13(11)3)21-8-4-5-15(20)18-23/h6-7,10-14,16,23H,4-5,8-9H2,1-3H3,(H,18,20). The molecule has 0 aromatic carbocycles. The molecule has 0 saturated carbocycles. The molecule has 5 unspecified atom stereocenters. The van der Waals surface area contributed by atoms with E-state index in [2.05, 4.69) is 43.3 Å². The fourth-order valence-electron chi connectivity index (χ4n) is 2.98. The lowest BCUT2D eigenvalue weighted by Gasteiger charge is -2.43. The van der Waals surface area contributed by atoms with Gasteiger partial charge in [-0.25, -0.2) is 4.98 Å². The van der Waals surface area contributed by atoms with Crippen LogP contribution in [0.1, 0.15) is 33.6 Å². The average Bonchev–Trinajstić information content (AvgIpc) is 3.06. The zero-order chi connectivity index (χ0) is 16.8. The summed E-state index contributed by atoms with van der Waals surface area (Å²) in [6, 6.07) is 0. The van der Waals surface area contributed by atoms with Crippen LogP contribution >= 0.6 is 12.8 Å². The van der Waals surface area contributed by atoms with Gasteiger partial charge in [-0.05, 0) is 18.3 Å². The maximum atomic E-state index is 11.2. The smallest absolute Gasteiger partial charge is 0.229 e. The first-order chi connectivity index (χ1) is 11.0. The summed E-state index contributed by atoms with van der Waals surface area (Å²) >= 11 is 3.74. The molecule has 1 aromatic heterocycles. The fraction of sp³-hybridized carbons (Fsp3) is 0.750. The molecule has 0 aliphatic carbocycles. The minimum absolute atomic E-state index is 0.0884. The number of rotatable bonds is 7. The molecule has 1 aliphatic heterocycles. The zero-order valence-electron chi connectivity index (χ0n) is 14.0. The number of thiol groups is 1. The molecule has 23 heavy (non-hydrogen) atoms. The minimum Gasteiger partial charge on any atom is -0.352 e. The monoisotopic (exact) mass is 341 g/mol. The highest BCUT2D eigenvalue weighted by Crippen LogP contribution is 2.36. The van der Waals surface area contributed by atoms with Crippen LogP contribution in [0.3, 0.4) is 0 Å². The van der Waals surface area contributed by atoms with Crippen LogP contribution < -0.4 is 4.72 Å². The van der Waals surface area contributed by atoms with Crippen molar-refractivity contribution >= 4 is 18.7 Å². The van der Waals surface area contributed by atoms with Crippen LogP contribution in [0.15, 0.2) is 18.7 Å². The number of imidazole rings is 1. The molecule has 0 radical (unpaired) electrons. The van der Waals surface area contributed by atoms with Crippen molar-refractivity contribution in [3.05, 3.63) is 18.7 Å². The molecule has 1 amide bonds. The van der Waals surface area contributed by atoms with Gasteiger partial charge in [0.25, 0.3) is 0 Å². The van der Waals surface area contributed by atoms with E-state index < -0.39 is 0 Å². The number of carbonyl (C=O) groups excluding carboxylic acids is 1. The van der Waals surface area contributed by atoms with Crippen LogP contribution in [0.5, 0.6) is 0 Å². The molecular weight excluding hydrogens is 314 g/mol. The van der Waals surface area contributed by atoms with Crippen LogP contribution in [-0.2, 0) is 20.8 Å². The molecule has 1 aromatic rings. The number of amides is 1. The van der Waals surface area contributed by atoms with E-state index in [9.17, 15) is 4.79 Å². The Kier molecular flexibility index (Phi) is 6.92. The number of hydrogen-bond donors (Lipinski definition) is 2. The van der Waals surface area contributed by atoms with Gasteiger partial charge in [-0.2, -0.15) is 0 Å². The van der Waals surface area contributed by atoms with E-state index in [0.29, 0.717) is 37.2 Å². The summed E-state index contributed by atoms with van der Waals surface area (Å²) in [7, 11) is 0. The van der Waals surface area contributed by atoms with E-state index >= 15 is 0 Å². The summed E-state index contributed by atoms with van der Waals surface area (Å²) in [5.41, 5.74) is 0. The van der Waals surface area contributed by atoms with Crippen molar-refractivity contribution in [1.29, 1.82) is 0 Å². The number of ether oxygens (including phenoxy) is 2. The van der Waals surface area contributed by atoms with Crippen LogP contribution in [0.4, 0.5) is 0 Å². The van der Waals surface area contributed by atoms with Gasteiger partial charge in [0.1, 0.15) is 0 Å². The molecule has 2 heterocycles. The lowest BCUT2D eigenvalue weighted by molar-refractivity contribution is -0.250. The first kappa shape index (κ1) is 18.3. The van der Waals surface area contributed by atoms with Gasteiger partial charge in [0.15, 0.2) is 6.29 Å². The lowest BCUT2D eigenvalue weighted by Crippen LogP contribution is -2.47. The van der Waals surface area contributed by atoms with Crippen molar-refractivity contribution in [1.82, 2.24) is 14.3 Å². The number of nitrogens with zero attached hydrogens (tertiary/aromatic N) is 2. The lowest BCUT2D eigenvalue weighted by atomic mass is 9.79. The van der Waals surface area contributed by atoms with Gasteiger partial charge >= 0.3 is 0 Å². The summed E-state index contributed by atoms with van der Waals surface area (Å²) in [4.78, 5) is 15.3. The van der Waals surface area contributed by atoms with E-state index in [1.165, 1.54) is 0 Å². The normalized spacial score (nSPS) is 31.0. The van der Waals surface area contributed by atoms with Crippen molar-refractivity contribution in [3.8, 4) is 0 Å². The van der Waals surface area contributed by atoms with Crippen molar-refractivity contribution < 1.29 is 14.3 Å². The Morgan fingerprint density at radius 1 is 1.35 bits per heavy atom. The van der Waals surface area contributed by atoms with E-state index in [-0.39, 0.29) is 18.3 Å². The summed E-state index contributed by atoms with van der Waals surface area (Å²) in [5, 5.41) is 0. The molecule has 1 saturated heterocycles. The van der Waals surface area contributed by atoms with Crippen LogP contribution in [0.25, 0.3) is 0 Å². The molecule has 2 rings (SSSR count). The number of aromatic nitrogens is 2. The third kappa shape index (κ3) is 4.96. The molecule has 1 fully saturated rings. The average molecular weight is 341 g/mol. The van der Waals surface area contributed by atoms with Gasteiger partial charge in [-0.15, -0.1) is 0 Å². The highest BCUT2D eigenvalue weighted by atomic mass is 32.1. The Morgan fingerprint density at radius 2 is 2.13 bits per heavy atom. The number of nitrogens with one attached hydrogen (secondary N) is 1. The van der Waals surface area contributed by atoms with E-state index in [1.807, 2.05) is 17.1 Å². The van der Waals surface area contributed by atoms with Gasteiger partial charge in [-0.1, -0.05) is 33.6 Å². The molecule has 5 atom stereocenters. The topological polar surface area (TPSA) is 65.4 Å². The largest absolute Gasteiger partial charge is 0.352 e. The summed E-state index contributed by atoms with van der Waals surface area (Å²) in [6.45, 7) is 7.94. The van der Waals surface area contributed by atoms with Crippen LogP contribution in [0, 0.1) is 17.8 Å². The van der Waals surface area contributed by atoms with E-state index in [0.717, 1.165) is 6.54 Å². The third-order valence-electron chi connectivity index (χ3n) is 4.89. The van der Waals surface area contributed by atoms with Gasteiger partial charge in [0.05, 0.1) is 25.6 Å². The SMILES string of the molecule is CC1C(Cn2ccnc2)OC(OCCCC(=O)NS)C(C)C1C. The Hall–Kier alpha value is -1.05. The van der Waals surface area contributed by atoms with Crippen molar-refractivity contribution in [2.24, 2.45) is 17.8 Å². The molecule has 1 N–H and O–H groups in total. The predicted octanol–water partition coefficient (Wildman–Crippen LogP) is 2.27. The second kappa shape index (κ2) is 8.70. The Labute approximate surface area is 143 Å². The maximum absolute atomic E-state index is 11.2. The molecular formula is C16H27N3O3S. The zero-order valence-corrected chi connectivity index (χ0v) is 14.9. The molecule has 130 valence electrons. The maximum Gasteiger partial charge on any atom is 0.229 e. The Bertz CT molecular complexity index is 483. The molecule has 0 spiro atoms. The Morgan fingerprint density at radius 3 is 2.78 bits per heavy atom. The van der Waals surface area contributed by atoms with Crippen molar-refractivity contribution in [2.45, 2.75) is 52.6 Å². The summed E-state index contributed by atoms with van der Waals surface area (Å²) in [6.07, 6.45) is 6.48. The second-order valence-electron chi connectivity index (χ2n) is 6.39. The van der Waals surface area contributed by atoms with Crippen LogP contribution in [0.2, 0.25) is 0 Å². The quantitative estimate of drug-likeness (QED) is 0.590. The Balaban J connectivity index is 1.87. The van der Waals surface area contributed by atoms with E-state index in [4.69, 9.17) is 9.47 Å². The van der Waals surface area contributed by atoms with Gasteiger partial charge in [0, 0.05) is 24.7 Å². The second-order valence-corrected chi connectivity index (χ2v) is 6.61. The van der Waals surface area contributed by atoms with Crippen molar-refractivity contribution in [3.63, 3.8) is 0 Å². The third-order valence-corrected chi connectivity index (χ3v) is 5.14. The fourth-order valence-corrected chi connectivity index (χ4v) is 3.09. The van der Waals surface area contributed by atoms with Crippen LogP contribution in [-0.4, -0.2) is 34.5 Å². The predicted molar refractivity (Wildman–Crippen MR) is 90.7 cm³/mol. The summed E-state index contributed by atoms with van der Waals surface area (Å²) in [5.74, 6) is 1.18. The molecule has 7 heteroatoms. The summed E-state index contributed by atoms with van der Waals surface area (Å²) < 4.78 is 16.5. The molecule has 1 aliphatic rings. The van der Waals surface area contributed by atoms with E-state index in [1.54, 1.807) is 6.20 Å². The molecule has 6 nitrogen and oxygen atoms in total. The number of hydrogen-bond acceptors (Lipinski definition) is 5. The van der Waals surface area contributed by atoms with Gasteiger partial charge < -0.3 is 18.8 Å². The molecule has 0 bridgehead atoms. The van der Waals surface area contributed by atoms with Gasteiger partial charge in [-0.3, -0.25) is 4.79 Å². The first-order valence-electron chi connectivity index (χ1n) is 8.18. The highest BCUT2D eigenvalue weighted by molar-refractivity contribution is 7.78. The highest BCUT2D eigenvalue weighted by Gasteiger charge is 2.39. The number of carbonyl (C=O) groups is 1. The van der Waals surface area contributed by atoms with Gasteiger partial charge in [0.2, 0.25) is 5.91 Å².